The van der Waals surface area contributed by atoms with Crippen LogP contribution in [0.25, 0.3) is 0 Å². The Kier molecular flexibility index (Phi) is 9.73. The molecule has 0 aromatic heterocycles. The van der Waals surface area contributed by atoms with Gasteiger partial charge < -0.3 is 15.0 Å². The lowest BCUT2D eigenvalue weighted by atomic mass is 10.1. The zero-order chi connectivity index (χ0) is 30.6. The second kappa shape index (κ2) is 13.5. The second-order valence-corrected chi connectivity index (χ2v) is 13.4. The SMILES string of the molecule is O=C(NCc1ccccc1)C1CN(C(=O)CN(Cc2ccc(Cl)cc2Cl)S(=O)(=O)c2ccc(Br)cc2)c2ccccc2O1. The highest BCUT2D eigenvalue weighted by Gasteiger charge is 2.36. The molecule has 5 rings (SSSR count). The number of halogens is 3. The van der Waals surface area contributed by atoms with Crippen molar-refractivity contribution >= 4 is 66.7 Å². The monoisotopic (exact) mass is 701 g/mol. The third kappa shape index (κ3) is 7.39. The van der Waals surface area contributed by atoms with Gasteiger partial charge in [-0.3, -0.25) is 9.59 Å². The standard InChI is InChI=1S/C31H26BrCl2N3O5S/c32-23-11-14-25(15-12-23)43(40,41)36(18-22-10-13-24(33)16-26(22)34)20-30(38)37-19-29(42-28-9-5-4-8-27(28)37)31(39)35-17-21-6-2-1-3-7-21/h1-16,29H,17-20H2,(H,35,39). The molecule has 43 heavy (non-hydrogen) atoms. The molecule has 12 heteroatoms. The van der Waals surface area contributed by atoms with Crippen molar-refractivity contribution < 1.29 is 22.7 Å². The lowest BCUT2D eigenvalue weighted by Gasteiger charge is -2.35. The van der Waals surface area contributed by atoms with Gasteiger partial charge in [0.05, 0.1) is 23.7 Å². The van der Waals surface area contributed by atoms with Gasteiger partial charge in [-0.05, 0) is 59.7 Å². The summed E-state index contributed by atoms with van der Waals surface area (Å²) >= 11 is 15.8. The number of rotatable bonds is 9. The number of nitrogens with one attached hydrogen (secondary N) is 1. The molecule has 8 nitrogen and oxygen atoms in total. The topological polar surface area (TPSA) is 96.0 Å². The Bertz CT molecular complexity index is 1740. The van der Waals surface area contributed by atoms with Crippen LogP contribution in [0.4, 0.5) is 5.69 Å². The van der Waals surface area contributed by atoms with Crippen molar-refractivity contribution in [2.75, 3.05) is 18.0 Å². The molecule has 1 aliphatic heterocycles. The maximum absolute atomic E-state index is 14.0. The van der Waals surface area contributed by atoms with Gasteiger partial charge in [0.2, 0.25) is 15.9 Å². The van der Waals surface area contributed by atoms with Gasteiger partial charge in [0.25, 0.3) is 5.91 Å². The molecule has 0 spiro atoms. The van der Waals surface area contributed by atoms with Crippen molar-refractivity contribution in [2.24, 2.45) is 0 Å². The number of carbonyl (C=O) groups excluding carboxylic acids is 2. The number of amides is 2. The van der Waals surface area contributed by atoms with E-state index in [1.807, 2.05) is 30.3 Å². The summed E-state index contributed by atoms with van der Waals surface area (Å²) in [7, 11) is -4.16. The van der Waals surface area contributed by atoms with Crippen LogP contribution in [-0.4, -0.2) is 43.7 Å². The number of carbonyl (C=O) groups is 2. The Morgan fingerprint density at radius 2 is 1.65 bits per heavy atom. The summed E-state index contributed by atoms with van der Waals surface area (Å²) in [5, 5.41) is 3.52. The predicted octanol–water partition coefficient (Wildman–Crippen LogP) is 6.06. The quantitative estimate of drug-likeness (QED) is 0.229. The molecule has 0 saturated heterocycles. The zero-order valence-electron chi connectivity index (χ0n) is 22.6. The molecule has 1 unspecified atom stereocenters. The first-order valence-corrected chi connectivity index (χ1v) is 16.2. The molecular formula is C31H26BrCl2N3O5S. The molecule has 0 radical (unpaired) electrons. The van der Waals surface area contributed by atoms with Crippen LogP contribution in [0.2, 0.25) is 10.0 Å². The summed E-state index contributed by atoms with van der Waals surface area (Å²) < 4.78 is 35.5. The molecular weight excluding hydrogens is 677 g/mol. The molecule has 4 aromatic rings. The lowest BCUT2D eigenvalue weighted by Crippen LogP contribution is -2.52. The average Bonchev–Trinajstić information content (AvgIpc) is 3.00. The van der Waals surface area contributed by atoms with Crippen molar-refractivity contribution in [1.29, 1.82) is 0 Å². The van der Waals surface area contributed by atoms with E-state index in [0.29, 0.717) is 26.5 Å². The highest BCUT2D eigenvalue weighted by molar-refractivity contribution is 9.10. The Balaban J connectivity index is 1.42. The summed E-state index contributed by atoms with van der Waals surface area (Å²) in [4.78, 5) is 28.5. The number of ether oxygens (including phenoxy) is 1. The fourth-order valence-electron chi connectivity index (χ4n) is 4.56. The van der Waals surface area contributed by atoms with E-state index in [4.69, 9.17) is 27.9 Å². The first-order chi connectivity index (χ1) is 20.6. The number of fused-ring (bicyclic) bond motifs is 1. The van der Waals surface area contributed by atoms with Gasteiger partial charge >= 0.3 is 0 Å². The molecule has 2 amide bonds. The molecule has 0 aliphatic carbocycles. The summed E-state index contributed by atoms with van der Waals surface area (Å²) in [5.74, 6) is -0.601. The lowest BCUT2D eigenvalue weighted by molar-refractivity contribution is -0.128. The zero-order valence-corrected chi connectivity index (χ0v) is 26.5. The molecule has 0 saturated carbocycles. The van der Waals surface area contributed by atoms with E-state index in [9.17, 15) is 18.0 Å². The third-order valence-electron chi connectivity index (χ3n) is 6.80. The van der Waals surface area contributed by atoms with Crippen LogP contribution in [0.3, 0.4) is 0 Å². The highest BCUT2D eigenvalue weighted by Crippen LogP contribution is 2.34. The normalized spacial score (nSPS) is 14.6. The summed E-state index contributed by atoms with van der Waals surface area (Å²) in [6, 6.07) is 27.1. The van der Waals surface area contributed by atoms with Crippen LogP contribution < -0.4 is 15.0 Å². The minimum Gasteiger partial charge on any atom is -0.477 e. The number of anilines is 1. The maximum atomic E-state index is 14.0. The summed E-state index contributed by atoms with van der Waals surface area (Å²) in [6.45, 7) is -0.530. The van der Waals surface area contributed by atoms with E-state index < -0.39 is 34.5 Å². The first-order valence-electron chi connectivity index (χ1n) is 13.2. The van der Waals surface area contributed by atoms with E-state index in [0.717, 1.165) is 9.87 Å². The summed E-state index contributed by atoms with van der Waals surface area (Å²) in [5.41, 5.74) is 1.82. The first kappa shape index (κ1) is 31.0. The number of sulfonamides is 1. The average molecular weight is 703 g/mol. The maximum Gasteiger partial charge on any atom is 0.263 e. The van der Waals surface area contributed by atoms with Crippen molar-refractivity contribution in [3.8, 4) is 5.75 Å². The van der Waals surface area contributed by atoms with Crippen LogP contribution >= 0.6 is 39.1 Å². The molecule has 0 fully saturated rings. The van der Waals surface area contributed by atoms with Crippen molar-refractivity contribution in [3.05, 3.63) is 123 Å². The highest BCUT2D eigenvalue weighted by atomic mass is 79.9. The predicted molar refractivity (Wildman–Crippen MR) is 170 cm³/mol. The van der Waals surface area contributed by atoms with Gasteiger partial charge in [0.1, 0.15) is 5.75 Å². The number of nitrogens with zero attached hydrogens (tertiary/aromatic N) is 2. The van der Waals surface area contributed by atoms with E-state index in [1.54, 1.807) is 48.5 Å². The van der Waals surface area contributed by atoms with Gasteiger partial charge in [0, 0.05) is 27.6 Å². The second-order valence-electron chi connectivity index (χ2n) is 9.74. The van der Waals surface area contributed by atoms with Crippen molar-refractivity contribution in [2.45, 2.75) is 24.1 Å². The van der Waals surface area contributed by atoms with E-state index in [2.05, 4.69) is 21.2 Å². The van der Waals surface area contributed by atoms with Crippen LogP contribution in [0.5, 0.6) is 5.75 Å². The van der Waals surface area contributed by atoms with Crippen LogP contribution in [0.15, 0.2) is 106 Å². The molecule has 0 bridgehead atoms. The van der Waals surface area contributed by atoms with Gasteiger partial charge in [-0.25, -0.2) is 8.42 Å². The molecule has 222 valence electrons. The van der Waals surface area contributed by atoms with Crippen LogP contribution in [-0.2, 0) is 32.7 Å². The van der Waals surface area contributed by atoms with Crippen LogP contribution in [0, 0.1) is 0 Å². The van der Waals surface area contributed by atoms with E-state index in [-0.39, 0.29) is 29.6 Å². The van der Waals surface area contributed by atoms with E-state index >= 15 is 0 Å². The molecule has 1 aliphatic rings. The van der Waals surface area contributed by atoms with E-state index in [1.165, 1.54) is 23.1 Å². The summed E-state index contributed by atoms with van der Waals surface area (Å²) in [6.07, 6.45) is -1.01. The fourth-order valence-corrected chi connectivity index (χ4v) is 6.66. The Morgan fingerprint density at radius 1 is 0.953 bits per heavy atom. The molecule has 1 heterocycles. The number of benzene rings is 4. The minimum absolute atomic E-state index is 0.00845. The number of hydrogen-bond donors (Lipinski definition) is 1. The smallest absolute Gasteiger partial charge is 0.263 e. The molecule has 1 N–H and O–H groups in total. The minimum atomic E-state index is -4.16. The Morgan fingerprint density at radius 3 is 2.37 bits per heavy atom. The van der Waals surface area contributed by atoms with Gasteiger partial charge in [0.15, 0.2) is 6.10 Å². The Hall–Kier alpha value is -3.41. The van der Waals surface area contributed by atoms with Crippen LogP contribution in [0.1, 0.15) is 11.1 Å². The molecule has 1 atom stereocenters. The fraction of sp³-hybridized carbons (Fsp3) is 0.161. The van der Waals surface area contributed by atoms with Crippen molar-refractivity contribution in [1.82, 2.24) is 9.62 Å². The van der Waals surface area contributed by atoms with Gasteiger partial charge in [-0.15, -0.1) is 0 Å². The molecule has 4 aromatic carbocycles. The third-order valence-corrected chi connectivity index (χ3v) is 9.72. The largest absolute Gasteiger partial charge is 0.477 e. The Labute approximate surface area is 268 Å². The number of para-hydroxylation sites is 2. The number of hydrogen-bond acceptors (Lipinski definition) is 5. The van der Waals surface area contributed by atoms with Gasteiger partial charge in [-0.1, -0.05) is 87.7 Å². The van der Waals surface area contributed by atoms with Gasteiger partial charge in [-0.2, -0.15) is 4.31 Å². The van der Waals surface area contributed by atoms with Crippen molar-refractivity contribution in [3.63, 3.8) is 0 Å².